The van der Waals surface area contributed by atoms with E-state index >= 15 is 0 Å². The van der Waals surface area contributed by atoms with Crippen molar-refractivity contribution in [2.24, 2.45) is 5.10 Å². The van der Waals surface area contributed by atoms with E-state index in [1.807, 2.05) is 42.5 Å². The highest BCUT2D eigenvalue weighted by Crippen LogP contribution is 2.33. The maximum Gasteiger partial charge on any atom is 0.289 e. The van der Waals surface area contributed by atoms with Crippen LogP contribution in [0, 0.1) is 0 Å². The zero-order valence-corrected chi connectivity index (χ0v) is 14.3. The molecular weight excluding hydrogens is 328 g/mol. The molecule has 0 saturated carbocycles. The Labute approximate surface area is 150 Å². The Bertz CT molecular complexity index is 991. The monoisotopic (exact) mass is 346 g/mol. The van der Waals surface area contributed by atoms with Crippen LogP contribution in [0.3, 0.4) is 0 Å². The third-order valence-corrected chi connectivity index (χ3v) is 4.48. The molecule has 3 aromatic rings. The predicted octanol–water partition coefficient (Wildman–Crippen LogP) is 2.95. The number of carbonyl (C=O) groups excluding carboxylic acids is 1. The number of amides is 1. The summed E-state index contributed by atoms with van der Waals surface area (Å²) in [7, 11) is 1.61. The van der Waals surface area contributed by atoms with E-state index in [-0.39, 0.29) is 5.91 Å². The predicted molar refractivity (Wildman–Crippen MR) is 99.5 cm³/mol. The molecule has 0 atom stereocenters. The lowest BCUT2D eigenvalue weighted by Crippen LogP contribution is -2.20. The molecular formula is C20H18N4O2. The fourth-order valence-electron chi connectivity index (χ4n) is 3.19. The minimum absolute atomic E-state index is 0.294. The number of hydrazone groups is 1. The molecule has 130 valence electrons. The van der Waals surface area contributed by atoms with Crippen LogP contribution in [0.5, 0.6) is 5.75 Å². The normalized spacial score (nSPS) is 12.5. The fraction of sp³-hybridized carbons (Fsp3) is 0.150. The third kappa shape index (κ3) is 2.97. The number of ether oxygens (including phenoxy) is 1. The number of hydrogen-bond donors (Lipinski definition) is 2. The number of aromatic amines is 1. The number of rotatable bonds is 4. The minimum Gasteiger partial charge on any atom is -0.497 e. The number of nitrogens with one attached hydrogen (secondary N) is 2. The zero-order valence-electron chi connectivity index (χ0n) is 14.3. The summed E-state index contributed by atoms with van der Waals surface area (Å²) in [6, 6.07) is 15.6. The molecule has 1 aliphatic rings. The van der Waals surface area contributed by atoms with Crippen molar-refractivity contribution in [3.63, 3.8) is 0 Å². The standard InChI is InChI=1S/C20H18N4O2/c1-26-15-7-4-5-13(11-15)12-21-24-20(25)19-17-10-9-14-6-2-3-8-16(14)18(17)22-23-19/h2-8,11-12H,9-10H2,1H3,(H,22,23)(H,24,25)/b21-12-. The van der Waals surface area contributed by atoms with Crippen LogP contribution in [-0.2, 0) is 12.8 Å². The van der Waals surface area contributed by atoms with E-state index < -0.39 is 0 Å². The van der Waals surface area contributed by atoms with Gasteiger partial charge in [-0.3, -0.25) is 9.89 Å². The van der Waals surface area contributed by atoms with Gasteiger partial charge in [-0.1, -0.05) is 36.4 Å². The Balaban J connectivity index is 1.52. The summed E-state index contributed by atoms with van der Waals surface area (Å²) in [5.74, 6) is 0.443. The Hall–Kier alpha value is -3.41. The van der Waals surface area contributed by atoms with Crippen molar-refractivity contribution >= 4 is 12.1 Å². The van der Waals surface area contributed by atoms with Gasteiger partial charge < -0.3 is 4.74 Å². The smallest absolute Gasteiger partial charge is 0.289 e. The first-order valence-corrected chi connectivity index (χ1v) is 8.39. The Morgan fingerprint density at radius 3 is 3.00 bits per heavy atom. The van der Waals surface area contributed by atoms with Gasteiger partial charge in [-0.05, 0) is 36.1 Å². The number of methoxy groups -OCH3 is 1. The van der Waals surface area contributed by atoms with E-state index in [0.717, 1.165) is 41.0 Å². The third-order valence-electron chi connectivity index (χ3n) is 4.48. The molecule has 26 heavy (non-hydrogen) atoms. The average molecular weight is 346 g/mol. The Kier molecular flexibility index (Phi) is 4.23. The lowest BCUT2D eigenvalue weighted by Gasteiger charge is -2.15. The van der Waals surface area contributed by atoms with Crippen molar-refractivity contribution in [2.45, 2.75) is 12.8 Å². The molecule has 0 spiro atoms. The van der Waals surface area contributed by atoms with Crippen LogP contribution >= 0.6 is 0 Å². The van der Waals surface area contributed by atoms with Crippen molar-refractivity contribution in [1.29, 1.82) is 0 Å². The van der Waals surface area contributed by atoms with Gasteiger partial charge in [0.25, 0.3) is 5.91 Å². The van der Waals surface area contributed by atoms with Gasteiger partial charge in [-0.15, -0.1) is 0 Å². The molecule has 2 N–H and O–H groups in total. The molecule has 0 unspecified atom stereocenters. The van der Waals surface area contributed by atoms with E-state index in [9.17, 15) is 4.79 Å². The van der Waals surface area contributed by atoms with Crippen LogP contribution in [0.2, 0.25) is 0 Å². The number of H-pyrrole nitrogens is 1. The van der Waals surface area contributed by atoms with Crippen molar-refractivity contribution in [1.82, 2.24) is 15.6 Å². The summed E-state index contributed by atoms with van der Waals surface area (Å²) in [5.41, 5.74) is 8.01. The van der Waals surface area contributed by atoms with E-state index in [0.29, 0.717) is 5.69 Å². The molecule has 2 aromatic carbocycles. The van der Waals surface area contributed by atoms with Crippen molar-refractivity contribution in [2.75, 3.05) is 7.11 Å². The molecule has 6 heteroatoms. The van der Waals surface area contributed by atoms with Crippen LogP contribution in [0.15, 0.2) is 53.6 Å². The van der Waals surface area contributed by atoms with E-state index in [1.54, 1.807) is 13.3 Å². The average Bonchev–Trinajstić information content (AvgIpc) is 3.13. The van der Waals surface area contributed by atoms with Crippen LogP contribution in [0.25, 0.3) is 11.3 Å². The van der Waals surface area contributed by atoms with Gasteiger partial charge in [0.15, 0.2) is 0 Å². The molecule has 0 saturated heterocycles. The molecule has 0 aliphatic heterocycles. The molecule has 4 rings (SSSR count). The summed E-state index contributed by atoms with van der Waals surface area (Å²) >= 11 is 0. The largest absolute Gasteiger partial charge is 0.497 e. The van der Waals surface area contributed by atoms with E-state index in [2.05, 4.69) is 26.8 Å². The maximum atomic E-state index is 12.5. The Morgan fingerprint density at radius 1 is 1.23 bits per heavy atom. The molecule has 0 bridgehead atoms. The van der Waals surface area contributed by atoms with Gasteiger partial charge in [-0.25, -0.2) is 5.43 Å². The topological polar surface area (TPSA) is 79.4 Å². The highest BCUT2D eigenvalue weighted by molar-refractivity contribution is 5.96. The molecule has 1 aliphatic carbocycles. The first kappa shape index (κ1) is 16.1. The first-order valence-electron chi connectivity index (χ1n) is 8.39. The lowest BCUT2D eigenvalue weighted by molar-refractivity contribution is 0.0949. The number of aryl methyl sites for hydroxylation is 1. The van der Waals surface area contributed by atoms with Crippen LogP contribution in [-0.4, -0.2) is 29.4 Å². The van der Waals surface area contributed by atoms with E-state index in [4.69, 9.17) is 4.74 Å². The number of hydrogen-bond acceptors (Lipinski definition) is 4. The molecule has 1 amide bonds. The highest BCUT2D eigenvalue weighted by Gasteiger charge is 2.24. The Morgan fingerprint density at radius 2 is 2.12 bits per heavy atom. The summed E-state index contributed by atoms with van der Waals surface area (Å²) in [6.07, 6.45) is 3.26. The molecule has 0 radical (unpaired) electrons. The second-order valence-electron chi connectivity index (χ2n) is 6.06. The minimum atomic E-state index is -0.294. The van der Waals surface area contributed by atoms with Gasteiger partial charge in [0.1, 0.15) is 11.4 Å². The summed E-state index contributed by atoms with van der Waals surface area (Å²) < 4.78 is 5.17. The highest BCUT2D eigenvalue weighted by atomic mass is 16.5. The van der Waals surface area contributed by atoms with Crippen LogP contribution < -0.4 is 10.2 Å². The number of carbonyl (C=O) groups is 1. The molecule has 1 aromatic heterocycles. The van der Waals surface area contributed by atoms with Gasteiger partial charge in [0, 0.05) is 11.1 Å². The summed E-state index contributed by atoms with van der Waals surface area (Å²) in [5, 5.41) is 11.3. The van der Waals surface area contributed by atoms with Crippen molar-refractivity contribution in [3.8, 4) is 17.0 Å². The fourth-order valence-corrected chi connectivity index (χ4v) is 3.19. The zero-order chi connectivity index (χ0) is 17.9. The van der Waals surface area contributed by atoms with Gasteiger partial charge in [0.05, 0.1) is 19.0 Å². The second kappa shape index (κ2) is 6.84. The summed E-state index contributed by atoms with van der Waals surface area (Å²) in [6.45, 7) is 0. The number of aromatic nitrogens is 2. The van der Waals surface area contributed by atoms with Crippen LogP contribution in [0.1, 0.15) is 27.2 Å². The van der Waals surface area contributed by atoms with Crippen LogP contribution in [0.4, 0.5) is 0 Å². The number of nitrogens with zero attached hydrogens (tertiary/aromatic N) is 2. The molecule has 1 heterocycles. The lowest BCUT2D eigenvalue weighted by atomic mass is 9.89. The first-order chi connectivity index (χ1) is 12.8. The maximum absolute atomic E-state index is 12.5. The SMILES string of the molecule is COc1cccc(/C=N\NC(=O)c2[nH]nc3c2CCc2ccccc2-3)c1. The quantitative estimate of drug-likeness (QED) is 0.563. The second-order valence-corrected chi connectivity index (χ2v) is 6.06. The number of fused-ring (bicyclic) bond motifs is 3. The van der Waals surface area contributed by atoms with Crippen molar-refractivity contribution in [3.05, 3.63) is 70.9 Å². The number of benzene rings is 2. The van der Waals surface area contributed by atoms with E-state index in [1.165, 1.54) is 5.56 Å². The van der Waals surface area contributed by atoms with Gasteiger partial charge in [-0.2, -0.15) is 10.2 Å². The molecule has 6 nitrogen and oxygen atoms in total. The van der Waals surface area contributed by atoms with Crippen molar-refractivity contribution < 1.29 is 9.53 Å². The van der Waals surface area contributed by atoms with Gasteiger partial charge >= 0.3 is 0 Å². The molecule has 0 fully saturated rings. The summed E-state index contributed by atoms with van der Waals surface area (Å²) in [4.78, 5) is 12.5. The van der Waals surface area contributed by atoms with Gasteiger partial charge in [0.2, 0.25) is 0 Å².